The molecule has 2 aliphatic rings. The van der Waals surface area contributed by atoms with Crippen LogP contribution in [0.5, 0.6) is 0 Å². The Hall–Kier alpha value is -2.59. The molecule has 0 radical (unpaired) electrons. The first-order valence-electron chi connectivity index (χ1n) is 12.3. The van der Waals surface area contributed by atoms with Crippen molar-refractivity contribution in [2.75, 3.05) is 51.0 Å². The normalized spacial score (nSPS) is 18.8. The minimum atomic E-state index is -0.671. The summed E-state index contributed by atoms with van der Waals surface area (Å²) < 4.78 is 0. The quantitative estimate of drug-likeness (QED) is 0.318. The van der Waals surface area contributed by atoms with E-state index < -0.39 is 12.1 Å². The molecule has 5 amide bonds. The Kier molecular flexibility index (Phi) is 20.1. The molecule has 0 saturated carbocycles. The first-order chi connectivity index (χ1) is 18.5. The van der Waals surface area contributed by atoms with Crippen LogP contribution in [0.4, 0.5) is 4.79 Å². The molecular weight excluding hydrogens is 595 g/mol. The molecule has 2 fully saturated rings. The molecule has 41 heavy (non-hydrogen) atoms. The first kappa shape index (κ1) is 40.5. The highest BCUT2D eigenvalue weighted by Gasteiger charge is 2.33. The minimum Gasteiger partial charge on any atom is -0.344 e. The second-order valence-electron chi connectivity index (χ2n) is 8.95. The van der Waals surface area contributed by atoms with Gasteiger partial charge in [-0.05, 0) is 20.8 Å². The van der Waals surface area contributed by atoms with Gasteiger partial charge >= 0.3 is 0 Å². The predicted molar refractivity (Wildman–Crippen MR) is 164 cm³/mol. The number of thiol groups is 1. The summed E-state index contributed by atoms with van der Waals surface area (Å²) in [5, 5.41) is 4.97. The fourth-order valence-corrected chi connectivity index (χ4v) is 5.67. The predicted octanol–water partition coefficient (Wildman–Crippen LogP) is 0.460. The lowest BCUT2D eigenvalue weighted by atomic mass is 10.2. The lowest BCUT2D eigenvalue weighted by molar-refractivity contribution is -0.136. The zero-order valence-corrected chi connectivity index (χ0v) is 26.4. The second kappa shape index (κ2) is 20.3. The third kappa shape index (κ3) is 15.3. The average Bonchev–Trinajstić information content (AvgIpc) is 3.19. The number of rotatable bonds is 8. The van der Waals surface area contributed by atoms with Crippen LogP contribution in [0.15, 0.2) is 0 Å². The van der Waals surface area contributed by atoms with E-state index in [1.54, 1.807) is 11.9 Å². The van der Waals surface area contributed by atoms with Crippen molar-refractivity contribution < 1.29 is 38.4 Å². The first-order valence-corrected chi connectivity index (χ1v) is 14.9. The molecule has 0 spiro atoms. The summed E-state index contributed by atoms with van der Waals surface area (Å²) >= 11 is 6.28. The van der Waals surface area contributed by atoms with Crippen molar-refractivity contribution in [2.45, 2.75) is 60.2 Å². The van der Waals surface area contributed by atoms with Gasteiger partial charge in [-0.2, -0.15) is 12.6 Å². The van der Waals surface area contributed by atoms with Crippen LogP contribution in [-0.4, -0.2) is 129 Å². The zero-order chi connectivity index (χ0) is 31.2. The Bertz CT molecular complexity index is 981. The molecule has 16 heteroatoms. The van der Waals surface area contributed by atoms with Gasteiger partial charge in [0, 0.05) is 51.7 Å². The van der Waals surface area contributed by atoms with Crippen LogP contribution < -0.4 is 10.6 Å². The summed E-state index contributed by atoms with van der Waals surface area (Å²) in [5.41, 5.74) is 0. The summed E-state index contributed by atoms with van der Waals surface area (Å²) in [5.74, 6) is 0.0700. The van der Waals surface area contributed by atoms with Crippen LogP contribution in [-0.2, 0) is 33.6 Å². The van der Waals surface area contributed by atoms with Gasteiger partial charge in [-0.3, -0.25) is 38.4 Å². The number of nitrogens with zero attached hydrogens (tertiary/aromatic N) is 3. The summed E-state index contributed by atoms with van der Waals surface area (Å²) in [4.78, 5) is 92.9. The third-order valence-electron chi connectivity index (χ3n) is 5.31. The van der Waals surface area contributed by atoms with Crippen molar-refractivity contribution in [3.63, 3.8) is 0 Å². The molecule has 234 valence electrons. The SMILES string of the molecule is C.CC(=O)CN(C)C(=O)[C@H](CS)NC(C)=O.CC(=O)N[C@H]1CSC(=O)CN(C)C1=O.CCN1C(=O)SC[C@H]1C(C)=O. The molecule has 0 bridgehead atoms. The van der Waals surface area contributed by atoms with Crippen LogP contribution in [0.25, 0.3) is 0 Å². The Labute approximate surface area is 256 Å². The van der Waals surface area contributed by atoms with Gasteiger partial charge in [0.25, 0.3) is 5.24 Å². The van der Waals surface area contributed by atoms with E-state index in [4.69, 9.17) is 0 Å². The van der Waals surface area contributed by atoms with Gasteiger partial charge in [-0.25, -0.2) is 0 Å². The molecular formula is C25H43N5O8S3. The number of Topliss-reactive ketones (excluding diaryl/α,β-unsaturated/α-hetero) is 2. The maximum absolute atomic E-state index is 11.7. The van der Waals surface area contributed by atoms with Crippen molar-refractivity contribution in [3.05, 3.63) is 0 Å². The van der Waals surface area contributed by atoms with Gasteiger partial charge in [0.05, 0.1) is 13.1 Å². The fourth-order valence-electron chi connectivity index (χ4n) is 3.42. The number of carbonyl (C=O) groups is 8. The number of thioether (sulfide) groups is 2. The van der Waals surface area contributed by atoms with E-state index in [0.717, 1.165) is 11.8 Å². The van der Waals surface area contributed by atoms with Gasteiger partial charge in [0.15, 0.2) is 5.78 Å². The molecule has 0 unspecified atom stereocenters. The van der Waals surface area contributed by atoms with Crippen LogP contribution in [0.1, 0.15) is 42.0 Å². The molecule has 2 heterocycles. The Balaban J connectivity index is 0. The Morgan fingerprint density at radius 1 is 1.02 bits per heavy atom. The number of hydrogen-bond donors (Lipinski definition) is 3. The monoisotopic (exact) mass is 637 g/mol. The van der Waals surface area contributed by atoms with Crippen molar-refractivity contribution in [1.82, 2.24) is 25.3 Å². The lowest BCUT2D eigenvalue weighted by Crippen LogP contribution is -2.48. The standard InChI is InChI=1S/C9H16N2O3S.C8H12N2O3S.C7H11NO2S.CH4/c1-6(12)4-11(3)9(14)8(5-15)10-7(2)13;1-5(11)9-6-4-14-7(12)3-10(2)8(6)13;1-3-8-6(5(2)9)4-11-7(8)10;/h8,15H,4-5H2,1-3H3,(H,10,13);6H,3-4H2,1-2H3,(H,9,11);6H,3-4H2,1-2H3;1H4/t8-;2*6-;/m000./s1. The Morgan fingerprint density at radius 3 is 2.02 bits per heavy atom. The largest absolute Gasteiger partial charge is 0.344 e. The fraction of sp³-hybridized carbons (Fsp3) is 0.680. The highest BCUT2D eigenvalue weighted by molar-refractivity contribution is 8.14. The number of ketones is 2. The van der Waals surface area contributed by atoms with E-state index >= 15 is 0 Å². The molecule has 2 rings (SSSR count). The second-order valence-corrected chi connectivity index (χ2v) is 11.4. The van der Waals surface area contributed by atoms with E-state index in [1.165, 1.54) is 56.3 Å². The van der Waals surface area contributed by atoms with E-state index in [0.29, 0.717) is 18.1 Å². The average molecular weight is 638 g/mol. The maximum atomic E-state index is 11.7. The number of carbonyl (C=O) groups excluding carboxylic acids is 8. The topological polar surface area (TPSA) is 170 Å². The highest BCUT2D eigenvalue weighted by atomic mass is 32.2. The summed E-state index contributed by atoms with van der Waals surface area (Å²) in [6.45, 7) is 8.29. The molecule has 2 saturated heterocycles. The molecule has 2 N–H and O–H groups in total. The number of amides is 5. The molecule has 0 aliphatic carbocycles. The van der Waals surface area contributed by atoms with Gasteiger partial charge in [0.1, 0.15) is 23.9 Å². The van der Waals surface area contributed by atoms with Crippen molar-refractivity contribution in [2.24, 2.45) is 0 Å². The number of hydrogen-bond acceptors (Lipinski definition) is 11. The molecule has 0 aromatic heterocycles. The third-order valence-corrected chi connectivity index (χ3v) is 7.59. The number of likely N-dealkylation sites (N-methyl/N-ethyl adjacent to an activating group) is 3. The molecule has 2 aliphatic heterocycles. The zero-order valence-electron chi connectivity index (χ0n) is 23.8. The van der Waals surface area contributed by atoms with Crippen molar-refractivity contribution in [3.8, 4) is 0 Å². The minimum absolute atomic E-state index is 0. The van der Waals surface area contributed by atoms with Gasteiger partial charge in [-0.1, -0.05) is 31.0 Å². The Morgan fingerprint density at radius 2 is 1.61 bits per heavy atom. The molecule has 13 nitrogen and oxygen atoms in total. The van der Waals surface area contributed by atoms with Crippen molar-refractivity contribution >= 4 is 81.7 Å². The van der Waals surface area contributed by atoms with E-state index in [1.807, 2.05) is 6.92 Å². The van der Waals surface area contributed by atoms with Gasteiger partial charge in [0.2, 0.25) is 28.7 Å². The summed E-state index contributed by atoms with van der Waals surface area (Å²) in [7, 11) is 3.07. The van der Waals surface area contributed by atoms with Crippen LogP contribution in [0, 0.1) is 0 Å². The maximum Gasteiger partial charge on any atom is 0.282 e. The summed E-state index contributed by atoms with van der Waals surface area (Å²) in [6.07, 6.45) is 0. The number of nitrogens with one attached hydrogen (secondary N) is 2. The highest BCUT2D eigenvalue weighted by Crippen LogP contribution is 2.23. The molecule has 3 atom stereocenters. The van der Waals surface area contributed by atoms with E-state index in [-0.39, 0.29) is 77.9 Å². The van der Waals surface area contributed by atoms with Crippen molar-refractivity contribution in [1.29, 1.82) is 0 Å². The molecule has 0 aromatic carbocycles. The van der Waals surface area contributed by atoms with Gasteiger partial charge < -0.3 is 25.3 Å². The van der Waals surface area contributed by atoms with E-state index in [2.05, 4.69) is 23.3 Å². The van der Waals surface area contributed by atoms with E-state index in [9.17, 15) is 38.4 Å². The summed E-state index contributed by atoms with van der Waals surface area (Å²) in [6, 6.07) is -1.42. The lowest BCUT2D eigenvalue weighted by Gasteiger charge is -2.22. The van der Waals surface area contributed by atoms with Crippen LogP contribution >= 0.6 is 36.2 Å². The molecule has 0 aromatic rings. The smallest absolute Gasteiger partial charge is 0.282 e. The van der Waals surface area contributed by atoms with Gasteiger partial charge in [-0.15, -0.1) is 0 Å². The van der Waals surface area contributed by atoms with Crippen LogP contribution in [0.3, 0.4) is 0 Å². The van der Waals surface area contributed by atoms with Crippen LogP contribution in [0.2, 0.25) is 0 Å².